The van der Waals surface area contributed by atoms with Crippen molar-refractivity contribution in [3.63, 3.8) is 0 Å². The summed E-state index contributed by atoms with van der Waals surface area (Å²) in [4.78, 5) is 35.0. The van der Waals surface area contributed by atoms with Crippen molar-refractivity contribution in [2.75, 3.05) is 30.9 Å². The molecule has 0 saturated carbocycles. The summed E-state index contributed by atoms with van der Waals surface area (Å²) in [6, 6.07) is 6.53. The number of benzene rings is 1. The fraction of sp³-hybridized carbons (Fsp3) is 0.308. The van der Waals surface area contributed by atoms with Gasteiger partial charge in [-0.05, 0) is 24.3 Å². The van der Waals surface area contributed by atoms with Crippen molar-refractivity contribution in [3.05, 3.63) is 29.8 Å². The molecule has 6 nitrogen and oxygen atoms in total. The number of carboxylic acids is 1. The van der Waals surface area contributed by atoms with Gasteiger partial charge in [-0.1, -0.05) is 0 Å². The predicted octanol–water partition coefficient (Wildman–Crippen LogP) is 1.14. The molecule has 0 aromatic heterocycles. The van der Waals surface area contributed by atoms with E-state index in [1.165, 1.54) is 4.90 Å². The smallest absolute Gasteiger partial charge is 0.313 e. The first-order valence-electron chi connectivity index (χ1n) is 5.81. The molecule has 0 atom stereocenters. The van der Waals surface area contributed by atoms with E-state index in [4.69, 9.17) is 5.11 Å². The number of hydrogen-bond acceptors (Lipinski definition) is 4. The standard InChI is InChI=1S/C13H16N2O4S/c1-15(2)13(19)9-3-5-10(6-4-9)14-11(16)7-20-8-12(17)18/h3-6H,7-8H2,1-2H3,(H,14,16)(H,17,18). The first-order valence-corrected chi connectivity index (χ1v) is 6.96. The van der Waals surface area contributed by atoms with Gasteiger partial charge in [0, 0.05) is 25.3 Å². The van der Waals surface area contributed by atoms with Crippen molar-refractivity contribution in [1.29, 1.82) is 0 Å². The van der Waals surface area contributed by atoms with Crippen LogP contribution in [0, 0.1) is 0 Å². The summed E-state index contributed by atoms with van der Waals surface area (Å²) in [6.45, 7) is 0. The number of amides is 2. The molecule has 7 heteroatoms. The lowest BCUT2D eigenvalue weighted by Crippen LogP contribution is -2.21. The Morgan fingerprint density at radius 1 is 1.15 bits per heavy atom. The third-order valence-corrected chi connectivity index (χ3v) is 3.20. The summed E-state index contributed by atoms with van der Waals surface area (Å²) in [6.07, 6.45) is 0. The summed E-state index contributed by atoms with van der Waals surface area (Å²) >= 11 is 1.03. The molecule has 0 aliphatic rings. The van der Waals surface area contributed by atoms with Gasteiger partial charge in [0.2, 0.25) is 5.91 Å². The van der Waals surface area contributed by atoms with Crippen LogP contribution in [-0.2, 0) is 9.59 Å². The Bertz CT molecular complexity index is 500. The van der Waals surface area contributed by atoms with Gasteiger partial charge in [-0.2, -0.15) is 0 Å². The highest BCUT2D eigenvalue weighted by molar-refractivity contribution is 8.00. The minimum Gasteiger partial charge on any atom is -0.481 e. The Hall–Kier alpha value is -2.02. The molecule has 20 heavy (non-hydrogen) atoms. The maximum atomic E-state index is 11.7. The molecule has 1 aromatic carbocycles. The van der Waals surface area contributed by atoms with Crippen LogP contribution in [-0.4, -0.2) is 53.4 Å². The zero-order chi connectivity index (χ0) is 15.1. The molecule has 108 valence electrons. The lowest BCUT2D eigenvalue weighted by Gasteiger charge is -2.10. The molecule has 0 bridgehead atoms. The fourth-order valence-electron chi connectivity index (χ4n) is 1.38. The van der Waals surface area contributed by atoms with Crippen molar-refractivity contribution >= 4 is 35.2 Å². The molecule has 0 heterocycles. The summed E-state index contributed by atoms with van der Waals surface area (Å²) in [5.74, 6) is -1.37. The molecule has 0 radical (unpaired) electrons. The number of carbonyl (C=O) groups is 3. The molecular formula is C13H16N2O4S. The molecular weight excluding hydrogens is 280 g/mol. The number of nitrogens with zero attached hydrogens (tertiary/aromatic N) is 1. The highest BCUT2D eigenvalue weighted by Crippen LogP contribution is 2.11. The Balaban J connectivity index is 2.51. The van der Waals surface area contributed by atoms with Crippen molar-refractivity contribution in [2.45, 2.75) is 0 Å². The van der Waals surface area contributed by atoms with Crippen molar-refractivity contribution in [1.82, 2.24) is 4.90 Å². The molecule has 0 spiro atoms. The number of carboxylic acid groups (broad SMARTS) is 1. The van der Waals surface area contributed by atoms with E-state index in [0.717, 1.165) is 11.8 Å². The van der Waals surface area contributed by atoms with Crippen LogP contribution in [0.5, 0.6) is 0 Å². The van der Waals surface area contributed by atoms with Gasteiger partial charge >= 0.3 is 5.97 Å². The van der Waals surface area contributed by atoms with Crippen LogP contribution in [0.25, 0.3) is 0 Å². The highest BCUT2D eigenvalue weighted by Gasteiger charge is 2.08. The Morgan fingerprint density at radius 3 is 2.25 bits per heavy atom. The Labute approximate surface area is 121 Å². The van der Waals surface area contributed by atoms with Gasteiger partial charge in [0.25, 0.3) is 5.91 Å². The second-order valence-corrected chi connectivity index (χ2v) is 5.20. The first-order chi connectivity index (χ1) is 9.40. The van der Waals surface area contributed by atoms with Gasteiger partial charge < -0.3 is 15.3 Å². The van der Waals surface area contributed by atoms with Crippen LogP contribution < -0.4 is 5.32 Å². The second-order valence-electron chi connectivity index (χ2n) is 4.21. The quantitative estimate of drug-likeness (QED) is 0.822. The SMILES string of the molecule is CN(C)C(=O)c1ccc(NC(=O)CSCC(=O)O)cc1. The summed E-state index contributed by atoms with van der Waals surface area (Å²) < 4.78 is 0. The lowest BCUT2D eigenvalue weighted by molar-refractivity contribution is -0.133. The van der Waals surface area contributed by atoms with Gasteiger partial charge in [0.15, 0.2) is 0 Å². The average Bonchev–Trinajstić information content (AvgIpc) is 2.38. The number of anilines is 1. The normalized spacial score (nSPS) is 9.90. The second kappa shape index (κ2) is 7.54. The van der Waals surface area contributed by atoms with E-state index in [0.29, 0.717) is 11.3 Å². The molecule has 0 aliphatic carbocycles. The van der Waals surface area contributed by atoms with E-state index in [1.54, 1.807) is 38.4 Å². The number of carbonyl (C=O) groups excluding carboxylic acids is 2. The zero-order valence-corrected chi connectivity index (χ0v) is 12.1. The summed E-state index contributed by atoms with van der Waals surface area (Å²) in [5.41, 5.74) is 1.11. The molecule has 1 aromatic rings. The molecule has 0 fully saturated rings. The van der Waals surface area contributed by atoms with Gasteiger partial charge in [-0.25, -0.2) is 0 Å². The monoisotopic (exact) mass is 296 g/mol. The van der Waals surface area contributed by atoms with Gasteiger partial charge in [0.05, 0.1) is 11.5 Å². The van der Waals surface area contributed by atoms with Crippen molar-refractivity contribution in [3.8, 4) is 0 Å². The molecule has 0 unspecified atom stereocenters. The summed E-state index contributed by atoms with van der Waals surface area (Å²) in [7, 11) is 3.33. The maximum absolute atomic E-state index is 11.7. The lowest BCUT2D eigenvalue weighted by atomic mass is 10.2. The van der Waals surface area contributed by atoms with E-state index in [1.807, 2.05) is 0 Å². The predicted molar refractivity (Wildman–Crippen MR) is 78.1 cm³/mol. The van der Waals surface area contributed by atoms with Gasteiger partial charge in [-0.15, -0.1) is 11.8 Å². The van der Waals surface area contributed by atoms with Crippen LogP contribution in [0.4, 0.5) is 5.69 Å². The van der Waals surface area contributed by atoms with E-state index < -0.39 is 5.97 Å². The van der Waals surface area contributed by atoms with Crippen LogP contribution in [0.3, 0.4) is 0 Å². The third-order valence-electron chi connectivity index (χ3n) is 2.28. The molecule has 0 saturated heterocycles. The average molecular weight is 296 g/mol. The number of rotatable bonds is 6. The zero-order valence-electron chi connectivity index (χ0n) is 11.3. The highest BCUT2D eigenvalue weighted by atomic mass is 32.2. The maximum Gasteiger partial charge on any atom is 0.313 e. The Morgan fingerprint density at radius 2 is 1.75 bits per heavy atom. The Kier molecular flexibility index (Phi) is 6.05. The van der Waals surface area contributed by atoms with E-state index in [-0.39, 0.29) is 23.3 Å². The van der Waals surface area contributed by atoms with E-state index in [9.17, 15) is 14.4 Å². The number of aliphatic carboxylic acids is 1. The minimum absolute atomic E-state index is 0.0741. The third kappa shape index (κ3) is 5.31. The van der Waals surface area contributed by atoms with E-state index >= 15 is 0 Å². The molecule has 0 aliphatic heterocycles. The molecule has 1 rings (SSSR count). The van der Waals surface area contributed by atoms with Crippen LogP contribution in [0.1, 0.15) is 10.4 Å². The number of nitrogens with one attached hydrogen (secondary N) is 1. The number of thioether (sulfide) groups is 1. The molecule has 2 N–H and O–H groups in total. The fourth-order valence-corrected chi connectivity index (χ4v) is 1.92. The van der Waals surface area contributed by atoms with Crippen LogP contribution in [0.2, 0.25) is 0 Å². The van der Waals surface area contributed by atoms with Crippen molar-refractivity contribution in [2.24, 2.45) is 0 Å². The van der Waals surface area contributed by atoms with Gasteiger partial charge in [0.1, 0.15) is 0 Å². The first kappa shape index (κ1) is 16.0. The van der Waals surface area contributed by atoms with Gasteiger partial charge in [-0.3, -0.25) is 14.4 Å². The number of hydrogen-bond donors (Lipinski definition) is 2. The van der Waals surface area contributed by atoms with Crippen molar-refractivity contribution < 1.29 is 19.5 Å². The van der Waals surface area contributed by atoms with E-state index in [2.05, 4.69) is 5.32 Å². The summed E-state index contributed by atoms with van der Waals surface area (Å²) in [5, 5.41) is 11.1. The largest absolute Gasteiger partial charge is 0.481 e. The topological polar surface area (TPSA) is 86.7 Å². The van der Waals surface area contributed by atoms with Crippen LogP contribution >= 0.6 is 11.8 Å². The molecule has 2 amide bonds. The minimum atomic E-state index is -0.950. The van der Waals surface area contributed by atoms with Crippen LogP contribution in [0.15, 0.2) is 24.3 Å².